The van der Waals surface area contributed by atoms with E-state index in [1.54, 1.807) is 0 Å². The molecule has 0 radical (unpaired) electrons. The van der Waals surface area contributed by atoms with Crippen LogP contribution in [0.15, 0.2) is 78.9 Å². The number of carbonyl (C=O) groups is 1. The van der Waals surface area contributed by atoms with Gasteiger partial charge in [0.15, 0.2) is 0 Å². The highest BCUT2D eigenvalue weighted by atomic mass is 16.1. The Balaban J connectivity index is 1.62. The van der Waals surface area contributed by atoms with Crippen LogP contribution in [-0.4, -0.2) is 15.5 Å². The van der Waals surface area contributed by atoms with Crippen LogP contribution in [0.2, 0.25) is 0 Å². The van der Waals surface area contributed by atoms with E-state index in [4.69, 9.17) is 4.98 Å². The molecule has 1 aromatic heterocycles. The van der Waals surface area contributed by atoms with E-state index in [0.29, 0.717) is 6.42 Å². The van der Waals surface area contributed by atoms with Crippen molar-refractivity contribution in [3.63, 3.8) is 0 Å². The molecule has 4 heteroatoms. The number of hydrogen-bond acceptors (Lipinski definition) is 2. The van der Waals surface area contributed by atoms with E-state index < -0.39 is 0 Å². The van der Waals surface area contributed by atoms with Gasteiger partial charge in [0.2, 0.25) is 5.91 Å². The Morgan fingerprint density at radius 1 is 0.966 bits per heavy atom. The Morgan fingerprint density at radius 2 is 1.66 bits per heavy atom. The second kappa shape index (κ2) is 8.31. The fraction of sp³-hybridized carbons (Fsp3) is 0.200. The number of aryl methyl sites for hydroxylation is 1. The van der Waals surface area contributed by atoms with E-state index in [1.165, 1.54) is 11.1 Å². The van der Waals surface area contributed by atoms with Crippen molar-refractivity contribution in [3.05, 3.63) is 101 Å². The van der Waals surface area contributed by atoms with Crippen molar-refractivity contribution in [2.75, 3.05) is 0 Å². The number of imidazole rings is 1. The fourth-order valence-electron chi connectivity index (χ4n) is 3.69. The minimum absolute atomic E-state index is 0.00167. The van der Waals surface area contributed by atoms with Crippen molar-refractivity contribution < 1.29 is 4.79 Å². The number of hydrogen-bond donors (Lipinski definition) is 1. The average Bonchev–Trinajstić information content (AvgIpc) is 3.09. The Kier molecular flexibility index (Phi) is 5.43. The maximum Gasteiger partial charge on any atom is 0.224 e. The van der Waals surface area contributed by atoms with Gasteiger partial charge < -0.3 is 9.88 Å². The lowest BCUT2D eigenvalue weighted by molar-refractivity contribution is -0.121. The molecule has 0 bridgehead atoms. The van der Waals surface area contributed by atoms with Crippen molar-refractivity contribution in [1.29, 1.82) is 0 Å². The molecule has 4 rings (SSSR count). The minimum Gasteiger partial charge on any atom is -0.346 e. The third kappa shape index (κ3) is 4.21. The lowest BCUT2D eigenvalue weighted by atomic mass is 10.1. The number of amides is 1. The van der Waals surface area contributed by atoms with Crippen LogP contribution < -0.4 is 5.32 Å². The van der Waals surface area contributed by atoms with Crippen molar-refractivity contribution in [3.8, 4) is 0 Å². The molecule has 0 aliphatic rings. The molecule has 0 saturated carbocycles. The Labute approximate surface area is 171 Å². The van der Waals surface area contributed by atoms with Crippen molar-refractivity contribution >= 4 is 16.9 Å². The summed E-state index contributed by atoms with van der Waals surface area (Å²) in [7, 11) is 0. The van der Waals surface area contributed by atoms with E-state index >= 15 is 0 Å². The molecule has 1 atom stereocenters. The quantitative estimate of drug-likeness (QED) is 0.519. The van der Waals surface area contributed by atoms with Crippen molar-refractivity contribution in [2.45, 2.75) is 32.9 Å². The molecule has 0 aliphatic heterocycles. The van der Waals surface area contributed by atoms with Gasteiger partial charge in [0.25, 0.3) is 0 Å². The van der Waals surface area contributed by atoms with Crippen LogP contribution in [0.4, 0.5) is 0 Å². The first-order valence-electron chi connectivity index (χ1n) is 9.95. The number of rotatable bonds is 6. The summed E-state index contributed by atoms with van der Waals surface area (Å²) < 4.78 is 2.21. The zero-order chi connectivity index (χ0) is 20.2. The van der Waals surface area contributed by atoms with Gasteiger partial charge in [-0.1, -0.05) is 66.7 Å². The van der Waals surface area contributed by atoms with Gasteiger partial charge in [0.1, 0.15) is 5.82 Å². The first-order chi connectivity index (χ1) is 14.1. The van der Waals surface area contributed by atoms with Gasteiger partial charge in [-0.3, -0.25) is 4.79 Å². The highest BCUT2D eigenvalue weighted by Crippen LogP contribution is 2.23. The van der Waals surface area contributed by atoms with Gasteiger partial charge in [-0.2, -0.15) is 0 Å². The van der Waals surface area contributed by atoms with Crippen LogP contribution in [0.5, 0.6) is 0 Å². The third-order valence-electron chi connectivity index (χ3n) is 5.25. The molecule has 1 heterocycles. The van der Waals surface area contributed by atoms with Crippen LogP contribution in [0.3, 0.4) is 0 Å². The lowest BCUT2D eigenvalue weighted by Crippen LogP contribution is -2.30. The minimum atomic E-state index is -0.192. The topological polar surface area (TPSA) is 46.9 Å². The molecule has 1 unspecified atom stereocenters. The molecular weight excluding hydrogens is 358 g/mol. The molecule has 1 N–H and O–H groups in total. The van der Waals surface area contributed by atoms with Crippen LogP contribution in [-0.2, 0) is 17.8 Å². The van der Waals surface area contributed by atoms with Gasteiger partial charge in [-0.15, -0.1) is 0 Å². The molecule has 0 aliphatic carbocycles. The monoisotopic (exact) mass is 383 g/mol. The van der Waals surface area contributed by atoms with Gasteiger partial charge in [-0.05, 0) is 42.7 Å². The SMILES string of the molecule is Cc1ccccc1Cn1c(C(C)NC(=O)Cc2ccccc2)nc2ccccc21. The summed E-state index contributed by atoms with van der Waals surface area (Å²) in [6.45, 7) is 4.85. The number of nitrogens with zero attached hydrogens (tertiary/aromatic N) is 2. The van der Waals surface area contributed by atoms with Crippen molar-refractivity contribution in [1.82, 2.24) is 14.9 Å². The molecule has 4 aromatic rings. The molecule has 0 spiro atoms. The summed E-state index contributed by atoms with van der Waals surface area (Å²) in [6, 6.07) is 26.1. The van der Waals surface area contributed by atoms with Gasteiger partial charge in [0.05, 0.1) is 23.5 Å². The van der Waals surface area contributed by atoms with Crippen LogP contribution in [0.1, 0.15) is 35.5 Å². The Morgan fingerprint density at radius 3 is 2.45 bits per heavy atom. The number of benzene rings is 3. The maximum absolute atomic E-state index is 12.6. The van der Waals surface area contributed by atoms with Crippen LogP contribution >= 0.6 is 0 Å². The van der Waals surface area contributed by atoms with Gasteiger partial charge in [-0.25, -0.2) is 4.98 Å². The zero-order valence-corrected chi connectivity index (χ0v) is 16.8. The van der Waals surface area contributed by atoms with Gasteiger partial charge >= 0.3 is 0 Å². The smallest absolute Gasteiger partial charge is 0.224 e. The van der Waals surface area contributed by atoms with E-state index in [1.807, 2.05) is 55.5 Å². The highest BCUT2D eigenvalue weighted by molar-refractivity contribution is 5.79. The van der Waals surface area contributed by atoms with Crippen molar-refractivity contribution in [2.24, 2.45) is 0 Å². The highest BCUT2D eigenvalue weighted by Gasteiger charge is 2.19. The molecule has 1 amide bonds. The molecule has 4 nitrogen and oxygen atoms in total. The first-order valence-corrected chi connectivity index (χ1v) is 9.95. The number of fused-ring (bicyclic) bond motifs is 1. The second-order valence-electron chi connectivity index (χ2n) is 7.42. The second-order valence-corrected chi connectivity index (χ2v) is 7.42. The number of nitrogens with one attached hydrogen (secondary N) is 1. The third-order valence-corrected chi connectivity index (χ3v) is 5.25. The normalized spacial score (nSPS) is 12.1. The zero-order valence-electron chi connectivity index (χ0n) is 16.8. The molecule has 0 fully saturated rings. The van der Waals surface area contributed by atoms with E-state index in [2.05, 4.69) is 47.1 Å². The average molecular weight is 383 g/mol. The Hall–Kier alpha value is -3.40. The van der Waals surface area contributed by atoms with E-state index in [0.717, 1.165) is 29.0 Å². The predicted octanol–water partition coefficient (Wildman–Crippen LogP) is 4.81. The predicted molar refractivity (Wildman–Crippen MR) is 117 cm³/mol. The molecule has 146 valence electrons. The molecule has 3 aromatic carbocycles. The van der Waals surface area contributed by atoms with E-state index in [-0.39, 0.29) is 11.9 Å². The van der Waals surface area contributed by atoms with E-state index in [9.17, 15) is 4.79 Å². The molecule has 29 heavy (non-hydrogen) atoms. The van der Waals surface area contributed by atoms with Gasteiger partial charge in [0, 0.05) is 6.54 Å². The number of para-hydroxylation sites is 2. The maximum atomic E-state index is 12.6. The standard InChI is InChI=1S/C25H25N3O/c1-18-10-6-7-13-21(18)17-28-23-15-9-8-14-22(23)27-25(28)19(2)26-24(29)16-20-11-4-3-5-12-20/h3-15,19H,16-17H2,1-2H3,(H,26,29). The summed E-state index contributed by atoms with van der Waals surface area (Å²) >= 11 is 0. The number of carbonyl (C=O) groups excluding carboxylic acids is 1. The largest absolute Gasteiger partial charge is 0.346 e. The fourth-order valence-corrected chi connectivity index (χ4v) is 3.69. The summed E-state index contributed by atoms with van der Waals surface area (Å²) in [5.74, 6) is 0.870. The molecule has 0 saturated heterocycles. The number of aromatic nitrogens is 2. The lowest BCUT2D eigenvalue weighted by Gasteiger charge is -2.17. The summed E-state index contributed by atoms with van der Waals surface area (Å²) in [4.78, 5) is 17.4. The summed E-state index contributed by atoms with van der Waals surface area (Å²) in [5.41, 5.74) is 5.53. The van der Waals surface area contributed by atoms with Crippen LogP contribution in [0.25, 0.3) is 11.0 Å². The first kappa shape index (κ1) is 18.9. The summed E-state index contributed by atoms with van der Waals surface area (Å²) in [5, 5.41) is 3.12. The Bertz CT molecular complexity index is 1130. The summed E-state index contributed by atoms with van der Waals surface area (Å²) in [6.07, 6.45) is 0.364. The van der Waals surface area contributed by atoms with Crippen LogP contribution in [0, 0.1) is 6.92 Å². The molecular formula is C25H25N3O.